The number of nitrogens with zero attached hydrogens (tertiary/aromatic N) is 4. The van der Waals surface area contributed by atoms with Gasteiger partial charge >= 0.3 is 0 Å². The molecule has 1 aromatic heterocycles. The number of rotatable bonds is 5. The van der Waals surface area contributed by atoms with E-state index in [-0.39, 0.29) is 6.04 Å². The minimum Gasteiger partial charge on any atom is -0.271 e. The maximum atomic E-state index is 5.66. The summed E-state index contributed by atoms with van der Waals surface area (Å²) < 4.78 is 0. The van der Waals surface area contributed by atoms with E-state index in [1.165, 1.54) is 30.5 Å². The molecular formula is C11H22N6. The van der Waals surface area contributed by atoms with Crippen molar-refractivity contribution in [2.24, 2.45) is 24.7 Å². The summed E-state index contributed by atoms with van der Waals surface area (Å²) in [5.74, 6) is 7.95. The normalized spacial score (nSPS) is 26.3. The van der Waals surface area contributed by atoms with Crippen LogP contribution in [0.1, 0.15) is 38.4 Å². The van der Waals surface area contributed by atoms with Gasteiger partial charge in [0.15, 0.2) is 5.82 Å². The predicted octanol–water partition coefficient (Wildman–Crippen LogP) is 0.411. The lowest BCUT2D eigenvalue weighted by Crippen LogP contribution is -2.42. The van der Waals surface area contributed by atoms with Crippen molar-refractivity contribution in [1.82, 2.24) is 25.6 Å². The van der Waals surface area contributed by atoms with Crippen LogP contribution in [-0.2, 0) is 13.5 Å². The molecule has 17 heavy (non-hydrogen) atoms. The van der Waals surface area contributed by atoms with Crippen LogP contribution in [0, 0.1) is 11.8 Å². The van der Waals surface area contributed by atoms with E-state index in [4.69, 9.17) is 5.84 Å². The highest BCUT2D eigenvalue weighted by Crippen LogP contribution is 2.35. The molecule has 1 fully saturated rings. The number of hydrogen-bond acceptors (Lipinski definition) is 5. The Morgan fingerprint density at radius 1 is 1.53 bits per heavy atom. The molecule has 0 amide bonds. The average molecular weight is 238 g/mol. The van der Waals surface area contributed by atoms with Crippen LogP contribution in [0.5, 0.6) is 0 Å². The molecule has 1 saturated carbocycles. The van der Waals surface area contributed by atoms with Crippen LogP contribution in [0.4, 0.5) is 0 Å². The molecule has 0 aromatic carbocycles. The van der Waals surface area contributed by atoms with E-state index in [1.807, 2.05) is 0 Å². The van der Waals surface area contributed by atoms with Crippen LogP contribution in [0.2, 0.25) is 0 Å². The number of tetrazole rings is 1. The summed E-state index contributed by atoms with van der Waals surface area (Å²) in [6.07, 6.45) is 5.90. The van der Waals surface area contributed by atoms with Gasteiger partial charge in [-0.3, -0.25) is 11.3 Å². The van der Waals surface area contributed by atoms with Gasteiger partial charge in [-0.25, -0.2) is 0 Å². The molecule has 0 bridgehead atoms. The minimum absolute atomic E-state index is 0.274. The number of aryl methyl sites for hydroxylation is 1. The summed E-state index contributed by atoms with van der Waals surface area (Å²) in [5, 5.41) is 12.1. The zero-order valence-electron chi connectivity index (χ0n) is 10.6. The molecule has 3 atom stereocenters. The standard InChI is InChI=1S/C11H22N6/c1-3-8-4-5-9(6-8)10(13-12)7-11-14-16-17(2)15-11/h8-10,13H,3-7,12H2,1-2H3. The van der Waals surface area contributed by atoms with E-state index in [0.717, 1.165) is 18.2 Å². The molecule has 1 aliphatic rings. The van der Waals surface area contributed by atoms with Gasteiger partial charge in [0, 0.05) is 12.5 Å². The van der Waals surface area contributed by atoms with Gasteiger partial charge in [-0.2, -0.15) is 4.80 Å². The number of nitrogens with one attached hydrogen (secondary N) is 1. The fourth-order valence-corrected chi connectivity index (χ4v) is 2.81. The first kappa shape index (κ1) is 12.4. The molecule has 2 rings (SSSR count). The van der Waals surface area contributed by atoms with Crippen molar-refractivity contribution in [1.29, 1.82) is 0 Å². The Hall–Kier alpha value is -1.01. The van der Waals surface area contributed by atoms with Crippen LogP contribution in [-0.4, -0.2) is 26.2 Å². The topological polar surface area (TPSA) is 81.7 Å². The maximum absolute atomic E-state index is 5.66. The fourth-order valence-electron chi connectivity index (χ4n) is 2.81. The Balaban J connectivity index is 1.93. The fraction of sp³-hybridized carbons (Fsp3) is 0.909. The first-order valence-corrected chi connectivity index (χ1v) is 6.42. The van der Waals surface area contributed by atoms with Gasteiger partial charge in [0.05, 0.1) is 7.05 Å². The van der Waals surface area contributed by atoms with Gasteiger partial charge in [0.25, 0.3) is 0 Å². The van der Waals surface area contributed by atoms with Gasteiger partial charge in [0.2, 0.25) is 0 Å². The first-order chi connectivity index (χ1) is 8.22. The van der Waals surface area contributed by atoms with Crippen molar-refractivity contribution < 1.29 is 0 Å². The monoisotopic (exact) mass is 238 g/mol. The molecule has 3 N–H and O–H groups in total. The molecule has 96 valence electrons. The van der Waals surface area contributed by atoms with Gasteiger partial charge in [-0.05, 0) is 29.9 Å². The Morgan fingerprint density at radius 3 is 2.88 bits per heavy atom. The molecule has 0 aliphatic heterocycles. The Labute approximate surface area is 102 Å². The minimum atomic E-state index is 0.274. The van der Waals surface area contributed by atoms with Crippen molar-refractivity contribution in [2.75, 3.05) is 0 Å². The van der Waals surface area contributed by atoms with Gasteiger partial charge in [-0.1, -0.05) is 19.8 Å². The highest BCUT2D eigenvalue weighted by atomic mass is 15.6. The molecule has 0 saturated heterocycles. The zero-order valence-corrected chi connectivity index (χ0v) is 10.6. The van der Waals surface area contributed by atoms with Gasteiger partial charge in [0.1, 0.15) is 0 Å². The number of hydrogen-bond donors (Lipinski definition) is 2. The number of aromatic nitrogens is 4. The van der Waals surface area contributed by atoms with Crippen LogP contribution >= 0.6 is 0 Å². The largest absolute Gasteiger partial charge is 0.271 e. The summed E-state index contributed by atoms with van der Waals surface area (Å²) in [6.45, 7) is 2.27. The van der Waals surface area contributed by atoms with Gasteiger partial charge < -0.3 is 0 Å². The molecule has 1 aromatic rings. The second-order valence-corrected chi connectivity index (χ2v) is 5.02. The summed E-state index contributed by atoms with van der Waals surface area (Å²) in [4.78, 5) is 1.49. The smallest absolute Gasteiger partial charge is 0.176 e. The third-order valence-electron chi connectivity index (χ3n) is 3.89. The van der Waals surface area contributed by atoms with E-state index in [0.29, 0.717) is 5.92 Å². The second-order valence-electron chi connectivity index (χ2n) is 5.02. The third kappa shape index (κ3) is 3.01. The molecule has 1 aliphatic carbocycles. The number of nitrogens with two attached hydrogens (primary N) is 1. The second kappa shape index (κ2) is 5.55. The van der Waals surface area contributed by atoms with Crippen LogP contribution in [0.3, 0.4) is 0 Å². The van der Waals surface area contributed by atoms with Gasteiger partial charge in [-0.15, -0.1) is 10.2 Å². The van der Waals surface area contributed by atoms with Crippen molar-refractivity contribution >= 4 is 0 Å². The molecular weight excluding hydrogens is 216 g/mol. The number of hydrazine groups is 1. The molecule has 0 spiro atoms. The van der Waals surface area contributed by atoms with Crippen molar-refractivity contribution in [3.8, 4) is 0 Å². The molecule has 1 heterocycles. The lowest BCUT2D eigenvalue weighted by molar-refractivity contribution is 0.343. The molecule has 6 heteroatoms. The van der Waals surface area contributed by atoms with Crippen molar-refractivity contribution in [3.05, 3.63) is 5.82 Å². The van der Waals surface area contributed by atoms with E-state index in [2.05, 4.69) is 27.8 Å². The third-order valence-corrected chi connectivity index (χ3v) is 3.89. The SMILES string of the molecule is CCC1CCC(C(Cc2nnn(C)n2)NN)C1. The maximum Gasteiger partial charge on any atom is 0.176 e. The highest BCUT2D eigenvalue weighted by Gasteiger charge is 2.30. The Bertz CT molecular complexity index is 349. The summed E-state index contributed by atoms with van der Waals surface area (Å²) in [5.41, 5.74) is 2.93. The summed E-state index contributed by atoms with van der Waals surface area (Å²) in [7, 11) is 1.78. The average Bonchev–Trinajstić information content (AvgIpc) is 2.94. The lowest BCUT2D eigenvalue weighted by atomic mass is 9.94. The summed E-state index contributed by atoms with van der Waals surface area (Å²) in [6, 6.07) is 0.274. The van der Waals surface area contributed by atoms with E-state index in [1.54, 1.807) is 7.05 Å². The van der Waals surface area contributed by atoms with Crippen molar-refractivity contribution in [2.45, 2.75) is 45.1 Å². The van der Waals surface area contributed by atoms with Crippen LogP contribution < -0.4 is 11.3 Å². The Kier molecular flexibility index (Phi) is 4.06. The van der Waals surface area contributed by atoms with Crippen LogP contribution in [0.25, 0.3) is 0 Å². The molecule has 3 unspecified atom stereocenters. The Morgan fingerprint density at radius 2 is 2.35 bits per heavy atom. The highest BCUT2D eigenvalue weighted by molar-refractivity contribution is 4.90. The van der Waals surface area contributed by atoms with Crippen molar-refractivity contribution in [3.63, 3.8) is 0 Å². The zero-order chi connectivity index (χ0) is 12.3. The first-order valence-electron chi connectivity index (χ1n) is 6.42. The predicted molar refractivity (Wildman–Crippen MR) is 64.7 cm³/mol. The van der Waals surface area contributed by atoms with Crippen LogP contribution in [0.15, 0.2) is 0 Å². The van der Waals surface area contributed by atoms with E-state index in [9.17, 15) is 0 Å². The lowest BCUT2D eigenvalue weighted by Gasteiger charge is -2.21. The molecule has 6 nitrogen and oxygen atoms in total. The van der Waals surface area contributed by atoms with E-state index < -0.39 is 0 Å². The van der Waals surface area contributed by atoms with E-state index >= 15 is 0 Å². The summed E-state index contributed by atoms with van der Waals surface area (Å²) >= 11 is 0. The molecule has 0 radical (unpaired) electrons. The quantitative estimate of drug-likeness (QED) is 0.573.